The van der Waals surface area contributed by atoms with Gasteiger partial charge in [0.2, 0.25) is 0 Å². The highest BCUT2D eigenvalue weighted by molar-refractivity contribution is 6.31. The van der Waals surface area contributed by atoms with Gasteiger partial charge in [-0.1, -0.05) is 23.7 Å². The molecule has 1 aliphatic heterocycles. The van der Waals surface area contributed by atoms with Crippen LogP contribution < -0.4 is 0 Å². The first-order valence-corrected chi connectivity index (χ1v) is 8.53. The highest BCUT2D eigenvalue weighted by Gasteiger charge is 2.42. The van der Waals surface area contributed by atoms with Crippen LogP contribution in [-0.4, -0.2) is 53.7 Å². The lowest BCUT2D eigenvalue weighted by atomic mass is 10.1. The van der Waals surface area contributed by atoms with Crippen molar-refractivity contribution in [2.75, 3.05) is 13.2 Å². The molecule has 0 radical (unpaired) electrons. The number of hydrogen-bond donors (Lipinski definition) is 0. The number of carbonyl (C=O) groups excluding carboxylic acids is 3. The fraction of sp³-hybridized carbons (Fsp3) is 0.500. The quantitative estimate of drug-likeness (QED) is 0.586. The Balaban J connectivity index is 1.98. The molecule has 6 nitrogen and oxygen atoms in total. The first kappa shape index (κ1) is 20.2. The molecule has 0 spiro atoms. The van der Waals surface area contributed by atoms with Crippen LogP contribution in [0.2, 0.25) is 5.02 Å². The smallest absolute Gasteiger partial charge is 0.411 e. The van der Waals surface area contributed by atoms with Crippen LogP contribution in [0.15, 0.2) is 24.3 Å². The molecule has 0 saturated carbocycles. The molecule has 1 heterocycles. The zero-order valence-corrected chi connectivity index (χ0v) is 15.6. The molecule has 26 heavy (non-hydrogen) atoms. The number of amides is 1. The van der Waals surface area contributed by atoms with Gasteiger partial charge in [0.15, 0.2) is 12.4 Å². The van der Waals surface area contributed by atoms with Crippen molar-refractivity contribution in [2.45, 2.75) is 45.0 Å². The van der Waals surface area contributed by atoms with E-state index in [1.165, 1.54) is 6.07 Å². The summed E-state index contributed by atoms with van der Waals surface area (Å²) in [6.07, 6.45) is -2.34. The topological polar surface area (TPSA) is 72.9 Å². The van der Waals surface area contributed by atoms with E-state index in [2.05, 4.69) is 0 Å². The van der Waals surface area contributed by atoms with Gasteiger partial charge >= 0.3 is 12.1 Å². The van der Waals surface area contributed by atoms with Crippen molar-refractivity contribution in [3.05, 3.63) is 34.9 Å². The third kappa shape index (κ3) is 5.42. The molecule has 0 aliphatic carbocycles. The van der Waals surface area contributed by atoms with Crippen LogP contribution in [0.3, 0.4) is 0 Å². The first-order chi connectivity index (χ1) is 12.1. The SMILES string of the molecule is CC(C)(C)OC(=O)N1C[C@H](F)C[C@H]1C(=O)OCC(=O)c1cccc(Cl)c1. The fourth-order valence-corrected chi connectivity index (χ4v) is 2.70. The number of rotatable bonds is 4. The zero-order valence-electron chi connectivity index (χ0n) is 14.8. The summed E-state index contributed by atoms with van der Waals surface area (Å²) in [6.45, 7) is 4.24. The van der Waals surface area contributed by atoms with Crippen molar-refractivity contribution in [1.29, 1.82) is 0 Å². The van der Waals surface area contributed by atoms with Crippen LogP contribution >= 0.6 is 11.6 Å². The van der Waals surface area contributed by atoms with Crippen LogP contribution in [-0.2, 0) is 14.3 Å². The summed E-state index contributed by atoms with van der Waals surface area (Å²) >= 11 is 5.82. The molecule has 0 aromatic heterocycles. The summed E-state index contributed by atoms with van der Waals surface area (Å²) in [5.74, 6) is -1.29. The van der Waals surface area contributed by atoms with E-state index in [4.69, 9.17) is 21.1 Å². The fourth-order valence-electron chi connectivity index (χ4n) is 2.51. The molecule has 1 aliphatic rings. The van der Waals surface area contributed by atoms with Crippen molar-refractivity contribution in [2.24, 2.45) is 0 Å². The number of hydrogen-bond acceptors (Lipinski definition) is 5. The average molecular weight is 386 g/mol. The number of halogens is 2. The third-order valence-electron chi connectivity index (χ3n) is 3.64. The molecule has 0 N–H and O–H groups in total. The minimum absolute atomic E-state index is 0.191. The van der Waals surface area contributed by atoms with Crippen LogP contribution in [0.1, 0.15) is 37.6 Å². The number of ketones is 1. The highest BCUT2D eigenvalue weighted by Crippen LogP contribution is 2.24. The number of carbonyl (C=O) groups is 3. The van der Waals surface area contributed by atoms with E-state index in [1.807, 2.05) is 0 Å². The number of esters is 1. The molecular formula is C18H21ClFNO5. The molecule has 8 heteroatoms. The van der Waals surface area contributed by atoms with Gasteiger partial charge in [-0.05, 0) is 32.9 Å². The number of alkyl halides is 1. The maximum absolute atomic E-state index is 13.7. The summed E-state index contributed by atoms with van der Waals surface area (Å²) in [5.41, 5.74) is -0.480. The Bertz CT molecular complexity index is 703. The zero-order chi connectivity index (χ0) is 19.5. The summed E-state index contributed by atoms with van der Waals surface area (Å²) in [5, 5.41) is 0.384. The maximum atomic E-state index is 13.7. The van der Waals surface area contributed by atoms with Gasteiger partial charge in [-0.15, -0.1) is 0 Å². The van der Waals surface area contributed by atoms with Crippen molar-refractivity contribution in [1.82, 2.24) is 4.90 Å². The molecule has 0 bridgehead atoms. The Kier molecular flexibility index (Phi) is 6.23. The van der Waals surface area contributed by atoms with Crippen molar-refractivity contribution < 1.29 is 28.2 Å². The molecule has 1 aromatic rings. The largest absolute Gasteiger partial charge is 0.456 e. The molecule has 1 aromatic carbocycles. The number of nitrogens with zero attached hydrogens (tertiary/aromatic N) is 1. The Hall–Kier alpha value is -2.15. The predicted octanol–water partition coefficient (Wildman–Crippen LogP) is 3.41. The van der Waals surface area contributed by atoms with Crippen molar-refractivity contribution in [3.8, 4) is 0 Å². The van der Waals surface area contributed by atoms with E-state index < -0.39 is 42.3 Å². The summed E-state index contributed by atoms with van der Waals surface area (Å²) in [6, 6.07) is 5.10. The van der Waals surface area contributed by atoms with Crippen LogP contribution in [0, 0.1) is 0 Å². The van der Waals surface area contributed by atoms with Gasteiger partial charge in [0.05, 0.1) is 6.54 Å². The van der Waals surface area contributed by atoms with Crippen LogP contribution in [0.5, 0.6) is 0 Å². The molecule has 1 fully saturated rings. The number of Topliss-reactive ketones (excluding diaryl/α,β-unsaturated/α-hetero) is 1. The Labute approximate surface area is 156 Å². The second-order valence-electron chi connectivity index (χ2n) is 7.02. The van der Waals surface area contributed by atoms with Gasteiger partial charge in [0, 0.05) is 17.0 Å². The molecule has 142 valence electrons. The normalized spacial score (nSPS) is 20.0. The van der Waals surface area contributed by atoms with E-state index >= 15 is 0 Å². The third-order valence-corrected chi connectivity index (χ3v) is 3.88. The predicted molar refractivity (Wildman–Crippen MR) is 93.0 cm³/mol. The Morgan fingerprint density at radius 3 is 2.62 bits per heavy atom. The second-order valence-corrected chi connectivity index (χ2v) is 7.46. The van der Waals surface area contributed by atoms with Gasteiger partial charge in [-0.2, -0.15) is 0 Å². The van der Waals surface area contributed by atoms with Gasteiger partial charge in [-0.25, -0.2) is 14.0 Å². The van der Waals surface area contributed by atoms with Crippen molar-refractivity contribution in [3.63, 3.8) is 0 Å². The molecule has 2 atom stereocenters. The molecular weight excluding hydrogens is 365 g/mol. The summed E-state index contributed by atoms with van der Waals surface area (Å²) < 4.78 is 23.9. The number of benzene rings is 1. The highest BCUT2D eigenvalue weighted by atomic mass is 35.5. The van der Waals surface area contributed by atoms with Gasteiger partial charge < -0.3 is 9.47 Å². The average Bonchev–Trinajstić information content (AvgIpc) is 2.93. The van der Waals surface area contributed by atoms with Gasteiger partial charge in [0.1, 0.15) is 17.8 Å². The molecule has 1 amide bonds. The lowest BCUT2D eigenvalue weighted by molar-refractivity contribution is -0.147. The minimum Gasteiger partial charge on any atom is -0.456 e. The van der Waals surface area contributed by atoms with E-state index in [0.717, 1.165) is 4.90 Å². The first-order valence-electron chi connectivity index (χ1n) is 8.16. The van der Waals surface area contributed by atoms with Crippen molar-refractivity contribution >= 4 is 29.4 Å². The molecule has 0 unspecified atom stereocenters. The van der Waals surface area contributed by atoms with Gasteiger partial charge in [0.25, 0.3) is 0 Å². The van der Waals surface area contributed by atoms with E-state index in [1.54, 1.807) is 39.0 Å². The van der Waals surface area contributed by atoms with E-state index in [0.29, 0.717) is 10.6 Å². The Morgan fingerprint density at radius 1 is 1.31 bits per heavy atom. The second kappa shape index (κ2) is 8.03. The minimum atomic E-state index is -1.36. The molecule has 2 rings (SSSR count). The van der Waals surface area contributed by atoms with E-state index in [-0.39, 0.29) is 13.0 Å². The van der Waals surface area contributed by atoms with Crippen LogP contribution in [0.25, 0.3) is 0 Å². The lowest BCUT2D eigenvalue weighted by Crippen LogP contribution is -2.44. The molecule has 1 saturated heterocycles. The Morgan fingerprint density at radius 2 is 2.00 bits per heavy atom. The van der Waals surface area contributed by atoms with Gasteiger partial charge in [-0.3, -0.25) is 9.69 Å². The maximum Gasteiger partial charge on any atom is 0.411 e. The number of likely N-dealkylation sites (tertiary alicyclic amines) is 1. The lowest BCUT2D eigenvalue weighted by Gasteiger charge is -2.27. The summed E-state index contributed by atoms with van der Waals surface area (Å²) in [4.78, 5) is 37.5. The van der Waals surface area contributed by atoms with E-state index in [9.17, 15) is 18.8 Å². The summed E-state index contributed by atoms with van der Waals surface area (Å²) in [7, 11) is 0. The van der Waals surface area contributed by atoms with Crippen LogP contribution in [0.4, 0.5) is 9.18 Å². The monoisotopic (exact) mass is 385 g/mol. The number of ether oxygens (including phenoxy) is 2. The standard InChI is InChI=1S/C18H21ClFNO5/c1-18(2,3)26-17(24)21-9-13(20)8-14(21)16(23)25-10-15(22)11-5-4-6-12(19)7-11/h4-7,13-14H,8-10H2,1-3H3/t13-,14+/m1/s1.